The maximum atomic E-state index is 6.91. The summed E-state index contributed by atoms with van der Waals surface area (Å²) in [6.45, 7) is 44.6. The van der Waals surface area contributed by atoms with Crippen LogP contribution in [-0.2, 0) is 37.0 Å². The minimum Gasteiger partial charge on any atom is -0.417 e. The summed E-state index contributed by atoms with van der Waals surface area (Å²) in [6.07, 6.45) is 0. The van der Waals surface area contributed by atoms with E-state index in [4.69, 9.17) is 37.0 Å². The van der Waals surface area contributed by atoms with Gasteiger partial charge in [-0.05, 0) is 118 Å². The summed E-state index contributed by atoms with van der Waals surface area (Å²) in [5.41, 5.74) is 0. The van der Waals surface area contributed by atoms with E-state index in [1.807, 2.05) is 19.6 Å². The van der Waals surface area contributed by atoms with Gasteiger partial charge in [0.2, 0.25) is 0 Å². The zero-order valence-electron chi connectivity index (χ0n) is 29.8. The largest absolute Gasteiger partial charge is 0.469 e. The fourth-order valence-electron chi connectivity index (χ4n) is 4.14. The van der Waals surface area contributed by atoms with E-state index in [-0.39, 0.29) is 0 Å². The molecule has 0 aromatic rings. The van der Waals surface area contributed by atoms with Crippen LogP contribution in [0.25, 0.3) is 0 Å². The minimum atomic E-state index is -3.21. The molecule has 0 heterocycles. The highest BCUT2D eigenvalue weighted by molar-refractivity contribution is 6.91. The molecule has 242 valence electrons. The van der Waals surface area contributed by atoms with Gasteiger partial charge in [0.05, 0.1) is 0 Å². The summed E-state index contributed by atoms with van der Waals surface area (Å²) < 4.78 is 61.0. The van der Waals surface area contributed by atoms with Crippen molar-refractivity contribution in [2.24, 2.45) is 0 Å². The Kier molecular flexibility index (Phi) is 14.7. The van der Waals surface area contributed by atoms with Crippen molar-refractivity contribution < 1.29 is 37.0 Å². The Balaban J connectivity index is 6.96. The van der Waals surface area contributed by atoms with Gasteiger partial charge in [0, 0.05) is 19.6 Å². The van der Waals surface area contributed by atoms with E-state index in [0.717, 1.165) is 0 Å². The van der Waals surface area contributed by atoms with E-state index in [0.29, 0.717) is 0 Å². The Labute approximate surface area is 259 Å². The van der Waals surface area contributed by atoms with Gasteiger partial charge in [-0.25, -0.2) is 0 Å². The van der Waals surface area contributed by atoms with E-state index >= 15 is 0 Å². The van der Waals surface area contributed by atoms with Crippen LogP contribution in [0.2, 0.25) is 137 Å². The van der Waals surface area contributed by atoms with Crippen molar-refractivity contribution in [1.82, 2.24) is 0 Å². The highest BCUT2D eigenvalue weighted by Gasteiger charge is 2.54. The highest BCUT2D eigenvalue weighted by atomic mass is 28.6. The van der Waals surface area contributed by atoms with Gasteiger partial charge in [-0.2, -0.15) is 0 Å². The smallest absolute Gasteiger partial charge is 0.417 e. The van der Waals surface area contributed by atoms with E-state index < -0.39 is 85.8 Å². The monoisotopic (exact) mass is 740 g/mol. The second-order valence-corrected chi connectivity index (χ2v) is 55.3. The van der Waals surface area contributed by atoms with E-state index in [1.165, 1.54) is 0 Å². The van der Waals surface area contributed by atoms with Crippen LogP contribution in [0.5, 0.6) is 0 Å². The molecule has 0 aliphatic rings. The molecular formula is C21H64O9Si10. The first-order valence-corrected chi connectivity index (χ1v) is 42.8. The molecule has 0 amide bonds. The quantitative estimate of drug-likeness (QED) is 0.132. The number of hydrogen-bond acceptors (Lipinski definition) is 9. The third kappa shape index (κ3) is 21.5. The van der Waals surface area contributed by atoms with Gasteiger partial charge in [0.15, 0.2) is 49.9 Å². The predicted molar refractivity (Wildman–Crippen MR) is 192 cm³/mol. The van der Waals surface area contributed by atoms with Crippen molar-refractivity contribution in [3.8, 4) is 0 Å². The molecule has 0 atom stereocenters. The van der Waals surface area contributed by atoms with E-state index in [1.54, 1.807) is 0 Å². The first-order valence-electron chi connectivity index (χ1n) is 14.3. The second-order valence-electron chi connectivity index (χ2n) is 16.5. The maximum Gasteiger partial charge on any atom is 0.469 e. The van der Waals surface area contributed by atoms with Crippen LogP contribution in [0.3, 0.4) is 0 Å². The standard InChI is InChI=1S/C21H64O9Si10/c1-32(2,3)25-38(19,26-33(4,5)6)22-31(23-39(20,27-34(7,8)9)28-35(10,11)12)24-40(21,29-36(13,14)15)30-37(16,17)18/h31H,1-21H3. The SMILES string of the molecule is C[Si](C)(C)O[Si](C)(O[SiH](O[Si](C)(O[Si](C)(C)C)O[Si](C)(C)C)O[Si](C)(O[Si](C)(C)C)O[Si](C)(C)C)O[Si](C)(C)C. The third-order valence-corrected chi connectivity index (χ3v) is 34.9. The summed E-state index contributed by atoms with van der Waals surface area (Å²) in [5.74, 6) is 0. The summed E-state index contributed by atoms with van der Waals surface area (Å²) in [5, 5.41) is 0. The molecule has 9 nitrogen and oxygen atoms in total. The van der Waals surface area contributed by atoms with Crippen molar-refractivity contribution in [1.29, 1.82) is 0 Å². The van der Waals surface area contributed by atoms with Gasteiger partial charge in [-0.15, -0.1) is 0 Å². The van der Waals surface area contributed by atoms with Crippen LogP contribution in [0.4, 0.5) is 0 Å². The normalized spacial score (nSPS) is 15.8. The van der Waals surface area contributed by atoms with Gasteiger partial charge in [0.25, 0.3) is 0 Å². The van der Waals surface area contributed by atoms with Crippen molar-refractivity contribution in [3.05, 3.63) is 0 Å². The van der Waals surface area contributed by atoms with Crippen molar-refractivity contribution in [2.75, 3.05) is 0 Å². The lowest BCUT2D eigenvalue weighted by Crippen LogP contribution is -2.65. The lowest BCUT2D eigenvalue weighted by atomic mass is 11.8. The van der Waals surface area contributed by atoms with Gasteiger partial charge < -0.3 is 37.0 Å². The molecule has 0 unspecified atom stereocenters. The molecule has 19 heteroatoms. The van der Waals surface area contributed by atoms with E-state index in [9.17, 15) is 0 Å². The molecule has 0 aliphatic heterocycles. The molecule has 0 rings (SSSR count). The zero-order valence-corrected chi connectivity index (χ0v) is 39.9. The fraction of sp³-hybridized carbons (Fsp3) is 1.00. The molecule has 0 bridgehead atoms. The Morgan fingerprint density at radius 1 is 0.250 bits per heavy atom. The molecule has 0 N–H and O–H groups in total. The average Bonchev–Trinajstić information content (AvgIpc) is 2.39. The molecule has 0 saturated carbocycles. The second kappa shape index (κ2) is 14.1. The number of rotatable bonds is 18. The molecule has 0 radical (unpaired) electrons. The summed E-state index contributed by atoms with van der Waals surface area (Å²) in [4.78, 5) is 0. The first kappa shape index (κ1) is 41.8. The van der Waals surface area contributed by atoms with Gasteiger partial charge in [-0.1, -0.05) is 0 Å². The molecule has 0 saturated heterocycles. The molecule has 0 aliphatic carbocycles. The first-order chi connectivity index (χ1) is 17.0. The van der Waals surface area contributed by atoms with Crippen LogP contribution in [-0.4, -0.2) is 85.8 Å². The Bertz CT molecular complexity index is 641. The van der Waals surface area contributed by atoms with Crippen molar-refractivity contribution >= 4 is 85.8 Å². The highest BCUT2D eigenvalue weighted by Crippen LogP contribution is 2.30. The molecule has 0 fully saturated rings. The predicted octanol–water partition coefficient (Wildman–Crippen LogP) is 7.57. The molecule has 0 aromatic carbocycles. The molecular weight excluding hydrogens is 677 g/mol. The Morgan fingerprint density at radius 3 is 0.475 bits per heavy atom. The summed E-state index contributed by atoms with van der Waals surface area (Å²) >= 11 is 0. The van der Waals surface area contributed by atoms with Gasteiger partial charge in [-0.3, -0.25) is 0 Å². The maximum absolute atomic E-state index is 6.91. The average molecular weight is 742 g/mol. The fourth-order valence-corrected chi connectivity index (χ4v) is 42.3. The lowest BCUT2D eigenvalue weighted by Gasteiger charge is -2.44. The van der Waals surface area contributed by atoms with Crippen LogP contribution >= 0.6 is 0 Å². The van der Waals surface area contributed by atoms with Crippen molar-refractivity contribution in [2.45, 2.75) is 137 Å². The van der Waals surface area contributed by atoms with Crippen LogP contribution in [0, 0.1) is 0 Å². The lowest BCUT2D eigenvalue weighted by molar-refractivity contribution is 0.146. The molecule has 0 spiro atoms. The van der Waals surface area contributed by atoms with Crippen LogP contribution in [0.15, 0.2) is 0 Å². The summed E-state index contributed by atoms with van der Waals surface area (Å²) in [6, 6.07) is 0. The Hall–Kier alpha value is 1.81. The third-order valence-electron chi connectivity index (χ3n) is 3.88. The van der Waals surface area contributed by atoms with Gasteiger partial charge in [0.1, 0.15) is 0 Å². The zero-order chi connectivity index (χ0) is 32.4. The van der Waals surface area contributed by atoms with Gasteiger partial charge >= 0.3 is 35.9 Å². The topological polar surface area (TPSA) is 83.1 Å². The van der Waals surface area contributed by atoms with Crippen LogP contribution in [0.1, 0.15) is 0 Å². The minimum absolute atomic E-state index is 1.98. The number of hydrogen-bond donors (Lipinski definition) is 0. The van der Waals surface area contributed by atoms with Crippen molar-refractivity contribution in [3.63, 3.8) is 0 Å². The van der Waals surface area contributed by atoms with Crippen LogP contribution < -0.4 is 0 Å². The van der Waals surface area contributed by atoms with E-state index in [2.05, 4.69) is 118 Å². The Morgan fingerprint density at radius 2 is 0.375 bits per heavy atom. The summed E-state index contributed by atoms with van der Waals surface area (Å²) in [7, 11) is -25.1. The molecule has 0 aromatic heterocycles. The molecule has 40 heavy (non-hydrogen) atoms.